The smallest absolute Gasteiger partial charge is 0.210 e. The Labute approximate surface area is 196 Å². The van der Waals surface area contributed by atoms with Crippen molar-refractivity contribution in [2.24, 2.45) is 5.16 Å². The fraction of sp³-hybridized carbons (Fsp3) is 0.0690. The number of fused-ring (bicyclic) bond motifs is 3. The molecule has 0 aliphatic heterocycles. The zero-order valence-corrected chi connectivity index (χ0v) is 18.6. The minimum absolute atomic E-state index is 0.0187. The standard InChI is InChI=1S/C29H22N2O3/c1-2-25(30-34)29(33)21-14-17-27-24(18-21)23-10-6-7-11-26(23)31(27)22-15-12-20(13-16-22)28(32)19-8-4-3-5-9-19/h3-18,34H,2H2,1H3. The van der Waals surface area contributed by atoms with Gasteiger partial charge in [0.05, 0.1) is 11.0 Å². The lowest BCUT2D eigenvalue weighted by Crippen LogP contribution is -2.13. The van der Waals surface area contributed by atoms with E-state index in [-0.39, 0.29) is 17.3 Å². The van der Waals surface area contributed by atoms with Gasteiger partial charge in [-0.3, -0.25) is 9.59 Å². The Kier molecular flexibility index (Phi) is 5.52. The lowest BCUT2D eigenvalue weighted by molar-refractivity contribution is 0.103. The van der Waals surface area contributed by atoms with E-state index < -0.39 is 0 Å². The van der Waals surface area contributed by atoms with E-state index in [9.17, 15) is 9.59 Å². The normalized spacial score (nSPS) is 11.7. The van der Waals surface area contributed by atoms with Gasteiger partial charge in [-0.15, -0.1) is 0 Å². The number of carbonyl (C=O) groups excluding carboxylic acids is 2. The third kappa shape index (κ3) is 3.57. The highest BCUT2D eigenvalue weighted by Gasteiger charge is 2.18. The molecule has 5 aromatic rings. The van der Waals surface area contributed by atoms with Gasteiger partial charge < -0.3 is 9.77 Å². The molecule has 5 rings (SSSR count). The molecule has 0 aliphatic rings. The monoisotopic (exact) mass is 446 g/mol. The Hall–Kier alpha value is -4.51. The summed E-state index contributed by atoms with van der Waals surface area (Å²) in [6.45, 7) is 1.78. The Morgan fingerprint density at radius 3 is 2.06 bits per heavy atom. The highest BCUT2D eigenvalue weighted by atomic mass is 16.4. The molecule has 0 aliphatic carbocycles. The maximum absolute atomic E-state index is 12.8. The number of ketones is 2. The molecule has 166 valence electrons. The van der Waals surface area contributed by atoms with Gasteiger partial charge in [0.15, 0.2) is 5.78 Å². The van der Waals surface area contributed by atoms with Crippen molar-refractivity contribution in [3.63, 3.8) is 0 Å². The third-order valence-corrected chi connectivity index (χ3v) is 6.08. The van der Waals surface area contributed by atoms with Gasteiger partial charge in [-0.25, -0.2) is 0 Å². The van der Waals surface area contributed by atoms with Gasteiger partial charge in [0.2, 0.25) is 5.78 Å². The molecule has 0 unspecified atom stereocenters. The summed E-state index contributed by atoms with van der Waals surface area (Å²) < 4.78 is 2.12. The Morgan fingerprint density at radius 1 is 0.735 bits per heavy atom. The Balaban J connectivity index is 1.62. The fourth-order valence-electron chi connectivity index (χ4n) is 4.35. The van der Waals surface area contributed by atoms with Crippen LogP contribution in [0.3, 0.4) is 0 Å². The second-order valence-electron chi connectivity index (χ2n) is 8.06. The van der Waals surface area contributed by atoms with E-state index in [1.54, 1.807) is 13.0 Å². The minimum atomic E-state index is -0.285. The molecular formula is C29H22N2O3. The van der Waals surface area contributed by atoms with Crippen LogP contribution in [0.25, 0.3) is 27.5 Å². The van der Waals surface area contributed by atoms with Crippen molar-refractivity contribution >= 4 is 39.1 Å². The van der Waals surface area contributed by atoms with Crippen LogP contribution in [0.5, 0.6) is 0 Å². The van der Waals surface area contributed by atoms with Crippen molar-refractivity contribution in [3.8, 4) is 5.69 Å². The van der Waals surface area contributed by atoms with Gasteiger partial charge in [-0.05, 0) is 55.0 Å². The number of para-hydroxylation sites is 1. The van der Waals surface area contributed by atoms with E-state index in [2.05, 4.69) is 9.72 Å². The number of oxime groups is 1. The molecule has 1 heterocycles. The molecule has 0 saturated carbocycles. The van der Waals surface area contributed by atoms with E-state index in [1.165, 1.54) is 0 Å². The quantitative estimate of drug-likeness (QED) is 0.141. The lowest BCUT2D eigenvalue weighted by Gasteiger charge is -2.09. The van der Waals surface area contributed by atoms with Crippen LogP contribution in [0.15, 0.2) is 102 Å². The molecule has 5 nitrogen and oxygen atoms in total. The average molecular weight is 447 g/mol. The summed E-state index contributed by atoms with van der Waals surface area (Å²) in [6, 6.07) is 30.3. The summed E-state index contributed by atoms with van der Waals surface area (Å²) in [5.74, 6) is -0.303. The number of hydrogen-bond acceptors (Lipinski definition) is 4. The molecule has 0 atom stereocenters. The summed E-state index contributed by atoms with van der Waals surface area (Å²) in [7, 11) is 0. The number of carbonyl (C=O) groups is 2. The topological polar surface area (TPSA) is 71.7 Å². The number of hydrogen-bond donors (Lipinski definition) is 1. The number of nitrogens with zero attached hydrogens (tertiary/aromatic N) is 2. The second kappa shape index (κ2) is 8.79. The zero-order valence-electron chi connectivity index (χ0n) is 18.6. The highest BCUT2D eigenvalue weighted by Crippen LogP contribution is 2.33. The summed E-state index contributed by atoms with van der Waals surface area (Å²) in [5, 5.41) is 14.3. The third-order valence-electron chi connectivity index (χ3n) is 6.08. The Morgan fingerprint density at radius 2 is 1.35 bits per heavy atom. The summed E-state index contributed by atoms with van der Waals surface area (Å²) in [6.07, 6.45) is 0.350. The summed E-state index contributed by atoms with van der Waals surface area (Å²) in [4.78, 5) is 25.6. The van der Waals surface area contributed by atoms with Crippen molar-refractivity contribution in [3.05, 3.63) is 114 Å². The first-order chi connectivity index (χ1) is 16.6. The molecule has 5 heteroatoms. The molecule has 1 N–H and O–H groups in total. The maximum atomic E-state index is 12.8. The number of aromatic nitrogens is 1. The molecule has 34 heavy (non-hydrogen) atoms. The molecule has 0 saturated heterocycles. The van der Waals surface area contributed by atoms with Crippen LogP contribution in [0, 0.1) is 0 Å². The van der Waals surface area contributed by atoms with E-state index in [0.29, 0.717) is 23.1 Å². The van der Waals surface area contributed by atoms with E-state index in [4.69, 9.17) is 5.21 Å². The summed E-state index contributed by atoms with van der Waals surface area (Å²) >= 11 is 0. The first-order valence-corrected chi connectivity index (χ1v) is 11.1. The van der Waals surface area contributed by atoms with Crippen LogP contribution in [0.2, 0.25) is 0 Å². The van der Waals surface area contributed by atoms with Gasteiger partial charge in [-0.2, -0.15) is 0 Å². The van der Waals surface area contributed by atoms with E-state index >= 15 is 0 Å². The van der Waals surface area contributed by atoms with Gasteiger partial charge in [-0.1, -0.05) is 60.6 Å². The van der Waals surface area contributed by atoms with Crippen LogP contribution in [0.4, 0.5) is 0 Å². The van der Waals surface area contributed by atoms with Crippen LogP contribution < -0.4 is 0 Å². The number of rotatable bonds is 6. The largest absolute Gasteiger partial charge is 0.411 e. The SMILES string of the molecule is CCC(=NO)C(=O)c1ccc2c(c1)c1ccccc1n2-c1ccc(C(=O)c2ccccc2)cc1. The maximum Gasteiger partial charge on any atom is 0.210 e. The molecule has 0 radical (unpaired) electrons. The highest BCUT2D eigenvalue weighted by molar-refractivity contribution is 6.46. The van der Waals surface area contributed by atoms with Crippen molar-refractivity contribution in [2.75, 3.05) is 0 Å². The van der Waals surface area contributed by atoms with Crippen molar-refractivity contribution < 1.29 is 14.8 Å². The van der Waals surface area contributed by atoms with Crippen LogP contribution in [-0.2, 0) is 0 Å². The van der Waals surface area contributed by atoms with Crippen LogP contribution in [-0.4, -0.2) is 27.1 Å². The molecule has 1 aromatic heterocycles. The Bertz CT molecular complexity index is 1560. The van der Waals surface area contributed by atoms with Gasteiger partial charge in [0.1, 0.15) is 5.71 Å². The molecule has 4 aromatic carbocycles. The zero-order chi connectivity index (χ0) is 23.7. The molecule has 0 fully saturated rings. The molecular weight excluding hydrogens is 424 g/mol. The number of benzene rings is 4. The average Bonchev–Trinajstić information content (AvgIpc) is 3.23. The van der Waals surface area contributed by atoms with Crippen molar-refractivity contribution in [1.82, 2.24) is 4.57 Å². The van der Waals surface area contributed by atoms with Crippen LogP contribution >= 0.6 is 0 Å². The molecule has 0 bridgehead atoms. The van der Waals surface area contributed by atoms with E-state index in [1.807, 2.05) is 91.0 Å². The predicted molar refractivity (Wildman–Crippen MR) is 134 cm³/mol. The van der Waals surface area contributed by atoms with Gasteiger partial charge in [0.25, 0.3) is 0 Å². The minimum Gasteiger partial charge on any atom is -0.411 e. The molecule has 0 spiro atoms. The number of Topliss-reactive ketones (excluding diaryl/α,β-unsaturated/α-hetero) is 1. The van der Waals surface area contributed by atoms with E-state index in [0.717, 1.165) is 27.5 Å². The molecule has 0 amide bonds. The first kappa shape index (κ1) is 21.3. The van der Waals surface area contributed by atoms with Crippen LogP contribution in [0.1, 0.15) is 39.6 Å². The predicted octanol–water partition coefficient (Wildman–Crippen LogP) is 6.44. The fourth-order valence-corrected chi connectivity index (χ4v) is 4.35. The summed E-state index contributed by atoms with van der Waals surface area (Å²) in [5.41, 5.74) is 4.74. The van der Waals surface area contributed by atoms with Crippen molar-refractivity contribution in [2.45, 2.75) is 13.3 Å². The lowest BCUT2D eigenvalue weighted by atomic mass is 10.0. The van der Waals surface area contributed by atoms with Gasteiger partial charge >= 0.3 is 0 Å². The second-order valence-corrected chi connectivity index (χ2v) is 8.06. The first-order valence-electron chi connectivity index (χ1n) is 11.1. The van der Waals surface area contributed by atoms with Gasteiger partial charge in [0, 0.05) is 33.2 Å². The van der Waals surface area contributed by atoms with Crippen molar-refractivity contribution in [1.29, 1.82) is 0 Å².